The number of carbonyl (C=O) groups is 1. The van der Waals surface area contributed by atoms with Gasteiger partial charge in [-0.1, -0.05) is 0 Å². The summed E-state index contributed by atoms with van der Waals surface area (Å²) in [7, 11) is 1.59. The lowest BCUT2D eigenvalue weighted by atomic mass is 10.1. The molecule has 0 saturated heterocycles. The number of hydrogen-bond acceptors (Lipinski definition) is 6. The Morgan fingerprint density at radius 3 is 2.62 bits per heavy atom. The Balaban J connectivity index is 1.65. The minimum atomic E-state index is -0.462. The zero-order valence-electron chi connectivity index (χ0n) is 13.8. The van der Waals surface area contributed by atoms with Crippen LogP contribution >= 0.6 is 0 Å². The molecule has 0 fully saturated rings. The maximum absolute atomic E-state index is 12.1. The van der Waals surface area contributed by atoms with E-state index in [4.69, 9.17) is 4.74 Å². The number of aromatic amines is 1. The normalized spacial score (nSPS) is 10.8. The number of rotatable bonds is 5. The van der Waals surface area contributed by atoms with E-state index in [9.17, 15) is 15.0 Å². The van der Waals surface area contributed by atoms with E-state index in [1.807, 2.05) is 12.1 Å². The van der Waals surface area contributed by atoms with Crippen LogP contribution in [0.3, 0.4) is 0 Å². The van der Waals surface area contributed by atoms with E-state index >= 15 is 0 Å². The van der Waals surface area contributed by atoms with Crippen molar-refractivity contribution in [2.75, 3.05) is 7.11 Å². The second kappa shape index (κ2) is 7.39. The maximum Gasteiger partial charge on any atom is 0.289 e. The summed E-state index contributed by atoms with van der Waals surface area (Å²) in [4.78, 5) is 12.1. The third-order valence-corrected chi connectivity index (χ3v) is 3.59. The Morgan fingerprint density at radius 2 is 1.92 bits per heavy atom. The summed E-state index contributed by atoms with van der Waals surface area (Å²) in [6.07, 6.45) is 1.35. The summed E-state index contributed by atoms with van der Waals surface area (Å²) in [6.45, 7) is 0. The molecule has 0 bridgehead atoms. The highest BCUT2D eigenvalue weighted by Gasteiger charge is 2.10. The molecule has 8 nitrogen and oxygen atoms in total. The molecule has 1 heterocycles. The highest BCUT2D eigenvalue weighted by Crippen LogP contribution is 2.24. The average molecular weight is 352 g/mol. The second-order valence-electron chi connectivity index (χ2n) is 5.34. The number of amides is 1. The van der Waals surface area contributed by atoms with Gasteiger partial charge in [0.15, 0.2) is 11.5 Å². The summed E-state index contributed by atoms with van der Waals surface area (Å²) >= 11 is 0. The molecule has 0 unspecified atom stereocenters. The largest absolute Gasteiger partial charge is 0.504 e. The van der Waals surface area contributed by atoms with E-state index in [2.05, 4.69) is 20.7 Å². The number of benzene rings is 2. The molecule has 132 valence electrons. The van der Waals surface area contributed by atoms with Gasteiger partial charge in [-0.2, -0.15) is 10.2 Å². The number of nitrogens with zero attached hydrogens (tertiary/aromatic N) is 2. The minimum Gasteiger partial charge on any atom is -0.504 e. The van der Waals surface area contributed by atoms with Gasteiger partial charge in [0.05, 0.1) is 19.0 Å². The van der Waals surface area contributed by atoms with Gasteiger partial charge >= 0.3 is 0 Å². The molecule has 0 radical (unpaired) electrons. The second-order valence-corrected chi connectivity index (χ2v) is 5.34. The van der Waals surface area contributed by atoms with Crippen LogP contribution in [-0.2, 0) is 0 Å². The topological polar surface area (TPSA) is 120 Å². The molecule has 0 spiro atoms. The van der Waals surface area contributed by atoms with Gasteiger partial charge in [-0.15, -0.1) is 0 Å². The quantitative estimate of drug-likeness (QED) is 0.319. The molecule has 1 amide bonds. The maximum atomic E-state index is 12.1. The molecule has 0 aliphatic rings. The van der Waals surface area contributed by atoms with Crippen LogP contribution in [0.25, 0.3) is 11.3 Å². The molecule has 0 atom stereocenters. The van der Waals surface area contributed by atoms with E-state index in [0.29, 0.717) is 11.3 Å². The van der Waals surface area contributed by atoms with Crippen LogP contribution in [0.1, 0.15) is 16.1 Å². The zero-order valence-corrected chi connectivity index (χ0v) is 13.8. The van der Waals surface area contributed by atoms with Gasteiger partial charge in [-0.25, -0.2) is 5.43 Å². The number of aromatic hydroxyl groups is 2. The fraction of sp³-hybridized carbons (Fsp3) is 0.0556. The van der Waals surface area contributed by atoms with Crippen molar-refractivity contribution < 1.29 is 19.7 Å². The van der Waals surface area contributed by atoms with Crippen molar-refractivity contribution in [1.29, 1.82) is 0 Å². The predicted octanol–water partition coefficient (Wildman–Crippen LogP) is 2.26. The molecule has 0 aliphatic carbocycles. The van der Waals surface area contributed by atoms with Crippen LogP contribution in [0, 0.1) is 0 Å². The molecular formula is C18H16N4O4. The third-order valence-electron chi connectivity index (χ3n) is 3.59. The monoisotopic (exact) mass is 352 g/mol. The first-order valence-corrected chi connectivity index (χ1v) is 7.62. The fourth-order valence-electron chi connectivity index (χ4n) is 2.19. The van der Waals surface area contributed by atoms with E-state index in [-0.39, 0.29) is 17.2 Å². The molecule has 0 saturated carbocycles. The van der Waals surface area contributed by atoms with Crippen LogP contribution < -0.4 is 10.2 Å². The van der Waals surface area contributed by atoms with Crippen LogP contribution in [0.5, 0.6) is 17.2 Å². The number of phenols is 2. The van der Waals surface area contributed by atoms with Crippen molar-refractivity contribution in [1.82, 2.24) is 15.6 Å². The summed E-state index contributed by atoms with van der Waals surface area (Å²) in [6, 6.07) is 13.1. The average Bonchev–Trinajstić information content (AvgIpc) is 3.15. The Labute approximate surface area is 148 Å². The smallest absolute Gasteiger partial charge is 0.289 e. The van der Waals surface area contributed by atoms with Gasteiger partial charge in [0.2, 0.25) is 0 Å². The summed E-state index contributed by atoms with van der Waals surface area (Å²) in [5.74, 6) is -0.221. The van der Waals surface area contributed by atoms with E-state index in [1.165, 1.54) is 18.3 Å². The van der Waals surface area contributed by atoms with Crippen LogP contribution in [-0.4, -0.2) is 39.6 Å². The minimum absolute atomic E-state index is 0.227. The van der Waals surface area contributed by atoms with Crippen LogP contribution in [0.2, 0.25) is 0 Å². The van der Waals surface area contributed by atoms with Crippen LogP contribution in [0.4, 0.5) is 0 Å². The zero-order chi connectivity index (χ0) is 18.5. The number of nitrogens with one attached hydrogen (secondary N) is 2. The fourth-order valence-corrected chi connectivity index (χ4v) is 2.19. The van der Waals surface area contributed by atoms with E-state index < -0.39 is 5.91 Å². The van der Waals surface area contributed by atoms with Crippen molar-refractivity contribution in [3.05, 3.63) is 59.8 Å². The number of methoxy groups -OCH3 is 1. The molecule has 2 aromatic carbocycles. The van der Waals surface area contributed by atoms with E-state index in [1.54, 1.807) is 31.4 Å². The molecule has 3 aromatic rings. The highest BCUT2D eigenvalue weighted by molar-refractivity contribution is 5.94. The molecule has 8 heteroatoms. The lowest BCUT2D eigenvalue weighted by molar-refractivity contribution is 0.0950. The summed E-state index contributed by atoms with van der Waals surface area (Å²) in [5.41, 5.74) is 4.58. The van der Waals surface area contributed by atoms with Crippen molar-refractivity contribution >= 4 is 12.1 Å². The first kappa shape index (κ1) is 17.0. The summed E-state index contributed by atoms with van der Waals surface area (Å²) < 4.78 is 5.11. The molecule has 0 aliphatic heterocycles. The van der Waals surface area contributed by atoms with Gasteiger partial charge in [0.25, 0.3) is 5.91 Å². The number of phenolic OH excluding ortho intramolecular Hbond substituents is 2. The van der Waals surface area contributed by atoms with Crippen molar-refractivity contribution in [2.45, 2.75) is 0 Å². The van der Waals surface area contributed by atoms with Gasteiger partial charge in [-0.05, 0) is 54.1 Å². The number of carbonyl (C=O) groups excluding carboxylic acids is 1. The number of hydrazone groups is 1. The third kappa shape index (κ3) is 3.81. The molecule has 3 rings (SSSR count). The Hall–Kier alpha value is -3.81. The number of hydrogen-bond donors (Lipinski definition) is 4. The van der Waals surface area contributed by atoms with Gasteiger partial charge in [-0.3, -0.25) is 9.89 Å². The van der Waals surface area contributed by atoms with Crippen LogP contribution in [0.15, 0.2) is 53.6 Å². The van der Waals surface area contributed by atoms with Gasteiger partial charge < -0.3 is 14.9 Å². The first-order chi connectivity index (χ1) is 12.6. The number of ether oxygens (including phenoxy) is 1. The Kier molecular flexibility index (Phi) is 4.84. The molecule has 26 heavy (non-hydrogen) atoms. The highest BCUT2D eigenvalue weighted by atomic mass is 16.5. The van der Waals surface area contributed by atoms with Crippen molar-refractivity contribution in [3.63, 3.8) is 0 Å². The van der Waals surface area contributed by atoms with Gasteiger partial charge in [0.1, 0.15) is 11.4 Å². The molecule has 1 aromatic heterocycles. The lowest BCUT2D eigenvalue weighted by Gasteiger charge is -2.00. The molecular weight excluding hydrogens is 336 g/mol. The standard InChI is InChI=1S/C18H16N4O4/c1-26-13-5-3-12(4-6-13)14-9-15(21-20-14)18(25)22-19-10-11-2-7-16(23)17(24)8-11/h2-10,23-24H,1H3,(H,20,21)(H,22,25). The van der Waals surface area contributed by atoms with Crippen molar-refractivity contribution in [3.8, 4) is 28.5 Å². The SMILES string of the molecule is COc1ccc(-c2cc(C(=O)NN=Cc3ccc(O)c(O)c3)[nH]n2)cc1. The first-order valence-electron chi connectivity index (χ1n) is 7.62. The van der Waals surface area contributed by atoms with Crippen molar-refractivity contribution in [2.24, 2.45) is 5.10 Å². The lowest BCUT2D eigenvalue weighted by Crippen LogP contribution is -2.17. The number of H-pyrrole nitrogens is 1. The van der Waals surface area contributed by atoms with Gasteiger partial charge in [0, 0.05) is 5.56 Å². The Bertz CT molecular complexity index is 948. The number of aromatic nitrogens is 2. The summed E-state index contributed by atoms with van der Waals surface area (Å²) in [5, 5.41) is 29.2. The van der Waals surface area contributed by atoms with E-state index in [0.717, 1.165) is 11.3 Å². The Morgan fingerprint density at radius 1 is 1.15 bits per heavy atom. The molecule has 4 N–H and O–H groups in total. The predicted molar refractivity (Wildman–Crippen MR) is 95.4 cm³/mol.